The van der Waals surface area contributed by atoms with Crippen LogP contribution in [0.4, 0.5) is 0 Å². The summed E-state index contributed by atoms with van der Waals surface area (Å²) in [6.07, 6.45) is 0.194. The number of nitrogens with one attached hydrogen (secondary N) is 1. The Balaban J connectivity index is 2.67. The molecule has 90 valence electrons. The zero-order chi connectivity index (χ0) is 12.1. The summed E-state index contributed by atoms with van der Waals surface area (Å²) in [5.74, 6) is 0.948. The molecule has 0 amide bonds. The minimum atomic E-state index is 0.194. The first-order valence-electron chi connectivity index (χ1n) is 5.68. The molecule has 1 unspecified atom stereocenters. The van der Waals surface area contributed by atoms with Gasteiger partial charge in [-0.25, -0.2) is 0 Å². The Morgan fingerprint density at radius 3 is 2.38 bits per heavy atom. The molecule has 0 fully saturated rings. The van der Waals surface area contributed by atoms with Gasteiger partial charge in [0.25, 0.3) is 0 Å². The van der Waals surface area contributed by atoms with Crippen LogP contribution in [0.1, 0.15) is 25.0 Å². The van der Waals surface area contributed by atoms with Gasteiger partial charge in [-0.1, -0.05) is 22.9 Å². The second kappa shape index (κ2) is 6.26. The Bertz CT molecular complexity index is 329. The van der Waals surface area contributed by atoms with Gasteiger partial charge in [-0.3, -0.25) is 0 Å². The molecule has 16 heavy (non-hydrogen) atoms. The predicted molar refractivity (Wildman–Crippen MR) is 72.2 cm³/mol. The molecule has 3 heteroatoms. The number of rotatable bonds is 5. The molecule has 0 aliphatic rings. The van der Waals surface area contributed by atoms with Crippen LogP contribution >= 0.6 is 15.9 Å². The molecule has 0 aliphatic heterocycles. The lowest BCUT2D eigenvalue weighted by Crippen LogP contribution is -2.28. The lowest BCUT2D eigenvalue weighted by Gasteiger charge is -2.16. The molecule has 0 aliphatic carbocycles. The van der Waals surface area contributed by atoms with E-state index in [4.69, 9.17) is 4.74 Å². The molecule has 2 nitrogen and oxygen atoms in total. The standard InChI is InChI=1S/C13H20BrNO/c1-5-15-8-11(4)16-12-6-9(2)13(14)10(3)7-12/h6-7,11,15H,5,8H2,1-4H3. The van der Waals surface area contributed by atoms with Gasteiger partial charge in [0.2, 0.25) is 0 Å². The Morgan fingerprint density at radius 1 is 1.31 bits per heavy atom. The fourth-order valence-electron chi connectivity index (χ4n) is 1.60. The molecule has 1 aromatic rings. The quantitative estimate of drug-likeness (QED) is 0.895. The largest absolute Gasteiger partial charge is 0.489 e. The van der Waals surface area contributed by atoms with Crippen molar-refractivity contribution in [1.82, 2.24) is 5.32 Å². The van der Waals surface area contributed by atoms with Crippen LogP contribution in [-0.4, -0.2) is 19.2 Å². The Hall–Kier alpha value is -0.540. The fraction of sp³-hybridized carbons (Fsp3) is 0.538. The molecule has 0 bridgehead atoms. The lowest BCUT2D eigenvalue weighted by molar-refractivity contribution is 0.218. The summed E-state index contributed by atoms with van der Waals surface area (Å²) in [5.41, 5.74) is 2.43. The molecule has 1 aromatic carbocycles. The van der Waals surface area contributed by atoms with Crippen molar-refractivity contribution in [2.24, 2.45) is 0 Å². The monoisotopic (exact) mass is 285 g/mol. The van der Waals surface area contributed by atoms with Crippen molar-refractivity contribution in [3.63, 3.8) is 0 Å². The van der Waals surface area contributed by atoms with Crippen molar-refractivity contribution < 1.29 is 4.74 Å². The lowest BCUT2D eigenvalue weighted by atomic mass is 10.1. The highest BCUT2D eigenvalue weighted by molar-refractivity contribution is 9.10. The van der Waals surface area contributed by atoms with Gasteiger partial charge in [0, 0.05) is 11.0 Å². The molecular formula is C13H20BrNO. The molecule has 1 N–H and O–H groups in total. The van der Waals surface area contributed by atoms with Crippen LogP contribution in [0.2, 0.25) is 0 Å². The van der Waals surface area contributed by atoms with Crippen molar-refractivity contribution in [2.45, 2.75) is 33.8 Å². The highest BCUT2D eigenvalue weighted by Gasteiger charge is 2.06. The van der Waals surface area contributed by atoms with E-state index in [1.807, 2.05) is 0 Å². The molecule has 0 spiro atoms. The molecule has 1 rings (SSSR count). The van der Waals surface area contributed by atoms with E-state index in [1.165, 1.54) is 15.6 Å². The first-order valence-corrected chi connectivity index (χ1v) is 6.48. The summed E-state index contributed by atoms with van der Waals surface area (Å²) in [7, 11) is 0. The summed E-state index contributed by atoms with van der Waals surface area (Å²) in [5, 5.41) is 3.27. The Morgan fingerprint density at radius 2 is 1.88 bits per heavy atom. The van der Waals surface area contributed by atoms with E-state index >= 15 is 0 Å². The maximum atomic E-state index is 5.85. The maximum Gasteiger partial charge on any atom is 0.120 e. The van der Waals surface area contributed by atoms with Crippen LogP contribution in [-0.2, 0) is 0 Å². The first-order chi connectivity index (χ1) is 7.54. The average molecular weight is 286 g/mol. The van der Waals surface area contributed by atoms with Crippen LogP contribution in [0, 0.1) is 13.8 Å². The summed E-state index contributed by atoms with van der Waals surface area (Å²) in [4.78, 5) is 0. The number of hydrogen-bond donors (Lipinski definition) is 1. The molecule has 0 aromatic heterocycles. The molecule has 0 radical (unpaired) electrons. The SMILES string of the molecule is CCNCC(C)Oc1cc(C)c(Br)c(C)c1. The number of hydrogen-bond acceptors (Lipinski definition) is 2. The maximum absolute atomic E-state index is 5.85. The summed E-state index contributed by atoms with van der Waals surface area (Å²) in [6.45, 7) is 10.2. The second-order valence-electron chi connectivity index (χ2n) is 4.11. The number of ether oxygens (including phenoxy) is 1. The van der Waals surface area contributed by atoms with Gasteiger partial charge in [-0.05, 0) is 50.6 Å². The van der Waals surface area contributed by atoms with Crippen molar-refractivity contribution in [2.75, 3.05) is 13.1 Å². The predicted octanol–water partition coefficient (Wildman–Crippen LogP) is 3.44. The normalized spacial score (nSPS) is 12.6. The van der Waals surface area contributed by atoms with Crippen molar-refractivity contribution in [3.8, 4) is 5.75 Å². The van der Waals surface area contributed by atoms with Gasteiger partial charge >= 0.3 is 0 Å². The number of likely N-dealkylation sites (N-methyl/N-ethyl adjacent to an activating group) is 1. The average Bonchev–Trinajstić information content (AvgIpc) is 2.23. The Labute approximate surface area is 107 Å². The van der Waals surface area contributed by atoms with Crippen LogP contribution in [0.5, 0.6) is 5.75 Å². The minimum absolute atomic E-state index is 0.194. The van der Waals surface area contributed by atoms with Gasteiger partial charge in [-0.15, -0.1) is 0 Å². The molecule has 0 heterocycles. The summed E-state index contributed by atoms with van der Waals surface area (Å²) in [6, 6.07) is 4.14. The van der Waals surface area contributed by atoms with Gasteiger partial charge in [0.05, 0.1) is 0 Å². The molecular weight excluding hydrogens is 266 g/mol. The van der Waals surface area contributed by atoms with Crippen LogP contribution < -0.4 is 10.1 Å². The second-order valence-corrected chi connectivity index (χ2v) is 4.90. The van der Waals surface area contributed by atoms with Crippen LogP contribution in [0.15, 0.2) is 16.6 Å². The molecule has 1 atom stereocenters. The zero-order valence-corrected chi connectivity index (χ0v) is 12.0. The van der Waals surface area contributed by atoms with Gasteiger partial charge in [-0.2, -0.15) is 0 Å². The van der Waals surface area contributed by atoms with E-state index in [1.54, 1.807) is 0 Å². The van der Waals surface area contributed by atoms with Crippen molar-refractivity contribution in [3.05, 3.63) is 27.7 Å². The minimum Gasteiger partial charge on any atom is -0.489 e. The summed E-state index contributed by atoms with van der Waals surface area (Å²) < 4.78 is 7.02. The number of benzene rings is 1. The third kappa shape index (κ3) is 3.80. The topological polar surface area (TPSA) is 21.3 Å². The number of aryl methyl sites for hydroxylation is 2. The molecule has 0 saturated heterocycles. The van der Waals surface area contributed by atoms with Gasteiger partial charge in [0.1, 0.15) is 11.9 Å². The van der Waals surface area contributed by atoms with E-state index in [-0.39, 0.29) is 6.10 Å². The smallest absolute Gasteiger partial charge is 0.120 e. The van der Waals surface area contributed by atoms with E-state index in [9.17, 15) is 0 Å². The summed E-state index contributed by atoms with van der Waals surface area (Å²) >= 11 is 3.55. The Kier molecular flexibility index (Phi) is 5.29. The van der Waals surface area contributed by atoms with E-state index in [0.29, 0.717) is 0 Å². The zero-order valence-electron chi connectivity index (χ0n) is 10.4. The highest BCUT2D eigenvalue weighted by atomic mass is 79.9. The highest BCUT2D eigenvalue weighted by Crippen LogP contribution is 2.26. The van der Waals surface area contributed by atoms with Crippen LogP contribution in [0.25, 0.3) is 0 Å². The van der Waals surface area contributed by atoms with Crippen molar-refractivity contribution >= 4 is 15.9 Å². The van der Waals surface area contributed by atoms with E-state index in [2.05, 4.69) is 61.1 Å². The molecule has 0 saturated carbocycles. The fourth-order valence-corrected chi connectivity index (χ4v) is 1.82. The number of halogens is 1. The third-order valence-electron chi connectivity index (χ3n) is 2.43. The van der Waals surface area contributed by atoms with Gasteiger partial charge < -0.3 is 10.1 Å². The van der Waals surface area contributed by atoms with Crippen LogP contribution in [0.3, 0.4) is 0 Å². The third-order valence-corrected chi connectivity index (χ3v) is 3.68. The van der Waals surface area contributed by atoms with E-state index < -0.39 is 0 Å². The van der Waals surface area contributed by atoms with Crippen molar-refractivity contribution in [1.29, 1.82) is 0 Å². The van der Waals surface area contributed by atoms with E-state index in [0.717, 1.165) is 18.8 Å². The van der Waals surface area contributed by atoms with Gasteiger partial charge in [0.15, 0.2) is 0 Å². The first kappa shape index (κ1) is 13.5.